The first-order chi connectivity index (χ1) is 13.5. The molecular formula is C19H17ClFN5O2. The monoisotopic (exact) mass is 401 g/mol. The Labute approximate surface area is 165 Å². The normalized spacial score (nSPS) is 18.7. The number of fused-ring (bicyclic) bond motifs is 3. The largest absolute Gasteiger partial charge is 0.438 e. The van der Waals surface area contributed by atoms with Crippen LogP contribution in [-0.2, 0) is 16.9 Å². The molecule has 2 aliphatic heterocycles. The summed E-state index contributed by atoms with van der Waals surface area (Å²) in [5, 5.41) is 7.39. The number of likely N-dealkylation sites (tertiary alicyclic amines) is 1. The topological polar surface area (TPSA) is 71.8 Å². The van der Waals surface area contributed by atoms with E-state index in [0.29, 0.717) is 48.9 Å². The van der Waals surface area contributed by atoms with Gasteiger partial charge in [-0.3, -0.25) is 10.2 Å². The van der Waals surface area contributed by atoms with Gasteiger partial charge in [0.1, 0.15) is 16.6 Å². The molecule has 1 N–H and O–H groups in total. The average molecular weight is 402 g/mol. The van der Waals surface area contributed by atoms with E-state index < -0.39 is 11.7 Å². The number of carbonyl (C=O) groups is 1. The summed E-state index contributed by atoms with van der Waals surface area (Å²) in [6.07, 6.45) is 4.25. The smallest absolute Gasteiger partial charge is 0.412 e. The fourth-order valence-electron chi connectivity index (χ4n) is 4.06. The van der Waals surface area contributed by atoms with Crippen LogP contribution >= 0.6 is 11.6 Å². The molecular weight excluding hydrogens is 385 g/mol. The predicted molar refractivity (Wildman–Crippen MR) is 101 cm³/mol. The van der Waals surface area contributed by atoms with E-state index in [1.54, 1.807) is 29.0 Å². The van der Waals surface area contributed by atoms with Gasteiger partial charge in [0.2, 0.25) is 0 Å². The summed E-state index contributed by atoms with van der Waals surface area (Å²) in [6, 6.07) is 6.09. The number of aromatic nitrogens is 3. The van der Waals surface area contributed by atoms with Crippen LogP contribution in [-0.4, -0.2) is 38.7 Å². The minimum Gasteiger partial charge on any atom is -0.438 e. The molecule has 144 valence electrons. The second-order valence-electron chi connectivity index (χ2n) is 7.16. The van der Waals surface area contributed by atoms with Gasteiger partial charge in [-0.15, -0.1) is 0 Å². The maximum atomic E-state index is 13.8. The van der Waals surface area contributed by atoms with Gasteiger partial charge in [0, 0.05) is 49.8 Å². The molecule has 2 aromatic heterocycles. The van der Waals surface area contributed by atoms with Crippen LogP contribution in [0.25, 0.3) is 5.65 Å². The van der Waals surface area contributed by atoms with Crippen molar-refractivity contribution >= 4 is 29.0 Å². The molecule has 1 fully saturated rings. The van der Waals surface area contributed by atoms with Crippen LogP contribution in [0.3, 0.4) is 0 Å². The lowest BCUT2D eigenvalue weighted by atomic mass is 9.82. The molecule has 5 rings (SSSR count). The van der Waals surface area contributed by atoms with Crippen LogP contribution < -0.4 is 5.32 Å². The Morgan fingerprint density at radius 2 is 2.11 bits per heavy atom. The first kappa shape index (κ1) is 17.4. The van der Waals surface area contributed by atoms with Crippen LogP contribution in [0.4, 0.5) is 14.9 Å². The van der Waals surface area contributed by atoms with Gasteiger partial charge in [0.05, 0.1) is 11.9 Å². The summed E-state index contributed by atoms with van der Waals surface area (Å²) < 4.78 is 21.2. The van der Waals surface area contributed by atoms with Gasteiger partial charge in [-0.05, 0) is 24.3 Å². The summed E-state index contributed by atoms with van der Waals surface area (Å²) >= 11 is 6.01. The molecule has 28 heavy (non-hydrogen) atoms. The minimum atomic E-state index is -0.793. The molecule has 0 aliphatic carbocycles. The Balaban J connectivity index is 1.37. The molecule has 1 amide bonds. The van der Waals surface area contributed by atoms with Crippen molar-refractivity contribution in [3.8, 4) is 0 Å². The van der Waals surface area contributed by atoms with Gasteiger partial charge in [-0.2, -0.15) is 5.10 Å². The third-order valence-electron chi connectivity index (χ3n) is 5.46. The maximum absolute atomic E-state index is 13.8. The molecule has 1 aromatic carbocycles. The SMILES string of the molecule is O=C1Nc2ccc(F)cc2C2(CCN(Cc3cnn4ccc(Cl)nc34)CC2)O1. The lowest BCUT2D eigenvalue weighted by Gasteiger charge is -2.44. The first-order valence-corrected chi connectivity index (χ1v) is 9.41. The number of ether oxygens (including phenoxy) is 1. The maximum Gasteiger partial charge on any atom is 0.412 e. The Bertz CT molecular complexity index is 1080. The zero-order chi connectivity index (χ0) is 19.3. The highest BCUT2D eigenvalue weighted by atomic mass is 35.5. The van der Waals surface area contributed by atoms with Crippen molar-refractivity contribution in [3.05, 3.63) is 58.8 Å². The van der Waals surface area contributed by atoms with Gasteiger partial charge in [0.15, 0.2) is 5.65 Å². The summed E-state index contributed by atoms with van der Waals surface area (Å²) in [7, 11) is 0. The van der Waals surface area contributed by atoms with Crippen LogP contribution in [0, 0.1) is 5.82 Å². The van der Waals surface area contributed by atoms with E-state index in [2.05, 4.69) is 20.3 Å². The third kappa shape index (κ3) is 2.89. The molecule has 0 unspecified atom stereocenters. The number of nitrogens with one attached hydrogen (secondary N) is 1. The number of halogens is 2. The van der Waals surface area contributed by atoms with E-state index in [1.165, 1.54) is 12.1 Å². The standard InChI is InChI=1S/C19H17ClFN5O2/c20-16-3-6-26-17(24-16)12(10-22-26)11-25-7-4-19(5-8-25)14-9-13(21)1-2-15(14)23-18(27)28-19/h1-3,6,9-10H,4-5,7-8,11H2,(H,23,27). The quantitative estimate of drug-likeness (QED) is 0.664. The van der Waals surface area contributed by atoms with Gasteiger partial charge >= 0.3 is 6.09 Å². The van der Waals surface area contributed by atoms with Gasteiger partial charge in [0.25, 0.3) is 0 Å². The van der Waals surface area contributed by atoms with E-state index >= 15 is 0 Å². The molecule has 0 bridgehead atoms. The number of hydrogen-bond donors (Lipinski definition) is 1. The fourth-order valence-corrected chi connectivity index (χ4v) is 4.20. The summed E-state index contributed by atoms with van der Waals surface area (Å²) in [5.74, 6) is -0.338. The van der Waals surface area contributed by atoms with Crippen molar-refractivity contribution in [1.29, 1.82) is 0 Å². The lowest BCUT2D eigenvalue weighted by molar-refractivity contribution is -0.0394. The molecule has 0 radical (unpaired) electrons. The van der Waals surface area contributed by atoms with Crippen LogP contribution in [0.1, 0.15) is 24.0 Å². The van der Waals surface area contributed by atoms with Crippen molar-refractivity contribution in [1.82, 2.24) is 19.5 Å². The van der Waals surface area contributed by atoms with Crippen LogP contribution in [0.2, 0.25) is 5.15 Å². The number of hydrogen-bond acceptors (Lipinski definition) is 5. The highest BCUT2D eigenvalue weighted by molar-refractivity contribution is 6.29. The number of carbonyl (C=O) groups excluding carboxylic acids is 1. The Hall–Kier alpha value is -2.71. The minimum absolute atomic E-state index is 0.338. The highest BCUT2D eigenvalue weighted by Gasteiger charge is 2.44. The number of amides is 1. The van der Waals surface area contributed by atoms with E-state index in [9.17, 15) is 9.18 Å². The van der Waals surface area contributed by atoms with Crippen molar-refractivity contribution in [2.45, 2.75) is 25.0 Å². The van der Waals surface area contributed by atoms with Crippen molar-refractivity contribution in [3.63, 3.8) is 0 Å². The highest BCUT2D eigenvalue weighted by Crippen LogP contribution is 2.43. The average Bonchev–Trinajstić information content (AvgIpc) is 3.06. The molecule has 1 spiro atoms. The molecule has 2 aliphatic rings. The Morgan fingerprint density at radius 3 is 2.93 bits per heavy atom. The molecule has 7 nitrogen and oxygen atoms in total. The Morgan fingerprint density at radius 1 is 1.29 bits per heavy atom. The van der Waals surface area contributed by atoms with E-state index in [1.807, 2.05) is 0 Å². The molecule has 9 heteroatoms. The predicted octanol–water partition coefficient (Wildman–Crippen LogP) is 3.58. The molecule has 1 saturated heterocycles. The number of anilines is 1. The van der Waals surface area contributed by atoms with E-state index in [-0.39, 0.29) is 5.82 Å². The van der Waals surface area contributed by atoms with Crippen LogP contribution in [0.5, 0.6) is 0 Å². The Kier molecular flexibility index (Phi) is 3.99. The van der Waals surface area contributed by atoms with Gasteiger partial charge in [-0.1, -0.05) is 11.6 Å². The molecule has 3 aromatic rings. The molecule has 0 atom stereocenters. The number of rotatable bonds is 2. The lowest BCUT2D eigenvalue weighted by Crippen LogP contribution is -2.48. The van der Waals surface area contributed by atoms with E-state index in [4.69, 9.17) is 16.3 Å². The summed E-state index contributed by atoms with van der Waals surface area (Å²) in [6.45, 7) is 2.05. The zero-order valence-electron chi connectivity index (χ0n) is 14.9. The second-order valence-corrected chi connectivity index (χ2v) is 7.55. The van der Waals surface area contributed by atoms with Crippen LogP contribution in [0.15, 0.2) is 36.7 Å². The van der Waals surface area contributed by atoms with Gasteiger partial charge < -0.3 is 4.74 Å². The second kappa shape index (κ2) is 6.42. The number of nitrogens with zero attached hydrogens (tertiary/aromatic N) is 4. The zero-order valence-corrected chi connectivity index (χ0v) is 15.6. The molecule has 0 saturated carbocycles. The number of piperidine rings is 1. The summed E-state index contributed by atoms with van der Waals surface area (Å²) in [4.78, 5) is 18.6. The summed E-state index contributed by atoms with van der Waals surface area (Å²) in [5.41, 5.74) is 2.24. The fraction of sp³-hybridized carbons (Fsp3) is 0.316. The number of benzene rings is 1. The van der Waals surface area contributed by atoms with Crippen molar-refractivity contribution < 1.29 is 13.9 Å². The molecule has 4 heterocycles. The van der Waals surface area contributed by atoms with E-state index in [0.717, 1.165) is 11.2 Å². The van der Waals surface area contributed by atoms with Gasteiger partial charge in [-0.25, -0.2) is 18.7 Å². The van der Waals surface area contributed by atoms with Crippen molar-refractivity contribution in [2.24, 2.45) is 0 Å². The third-order valence-corrected chi connectivity index (χ3v) is 5.67. The van der Waals surface area contributed by atoms with Crippen molar-refractivity contribution in [2.75, 3.05) is 18.4 Å². The first-order valence-electron chi connectivity index (χ1n) is 9.04.